The van der Waals surface area contributed by atoms with Gasteiger partial charge in [0, 0.05) is 17.7 Å². The smallest absolute Gasteiger partial charge is 0.238 e. The topological polar surface area (TPSA) is 98.5 Å². The van der Waals surface area contributed by atoms with Gasteiger partial charge in [0.25, 0.3) is 0 Å². The number of nitrogens with one attached hydrogen (secondary N) is 1. The van der Waals surface area contributed by atoms with E-state index < -0.39 is 10.0 Å². The second kappa shape index (κ2) is 8.37. The SMILES string of the molecule is COc1ccc(C2=C(NCCc3ccc(S(N)(=O)=O)cc3)c3ccccc3C2=O)cc1. The van der Waals surface area contributed by atoms with Crippen LogP contribution in [-0.4, -0.2) is 27.9 Å². The minimum Gasteiger partial charge on any atom is -0.497 e. The minimum atomic E-state index is -3.71. The van der Waals surface area contributed by atoms with E-state index in [1.807, 2.05) is 48.5 Å². The number of primary sulfonamides is 1. The molecule has 4 rings (SSSR count). The van der Waals surface area contributed by atoms with Gasteiger partial charge in [-0.25, -0.2) is 13.6 Å². The van der Waals surface area contributed by atoms with Crippen LogP contribution in [0.25, 0.3) is 11.3 Å². The highest BCUT2D eigenvalue weighted by Crippen LogP contribution is 2.37. The summed E-state index contributed by atoms with van der Waals surface area (Å²) in [6.45, 7) is 0.575. The number of rotatable bonds is 7. The predicted molar refractivity (Wildman–Crippen MR) is 120 cm³/mol. The molecule has 0 radical (unpaired) electrons. The Bertz CT molecular complexity index is 1260. The fourth-order valence-corrected chi connectivity index (χ4v) is 4.19. The Labute approximate surface area is 181 Å². The lowest BCUT2D eigenvalue weighted by atomic mass is 10.0. The van der Waals surface area contributed by atoms with Crippen molar-refractivity contribution in [3.8, 4) is 5.75 Å². The van der Waals surface area contributed by atoms with Crippen molar-refractivity contribution >= 4 is 27.1 Å². The van der Waals surface area contributed by atoms with Crippen LogP contribution >= 0.6 is 0 Å². The van der Waals surface area contributed by atoms with Crippen molar-refractivity contribution < 1.29 is 17.9 Å². The quantitative estimate of drug-likeness (QED) is 0.595. The molecule has 158 valence electrons. The zero-order chi connectivity index (χ0) is 22.0. The van der Waals surface area contributed by atoms with Gasteiger partial charge in [-0.3, -0.25) is 4.79 Å². The first-order chi connectivity index (χ1) is 14.9. The van der Waals surface area contributed by atoms with E-state index in [0.717, 1.165) is 28.1 Å². The third kappa shape index (κ3) is 4.23. The van der Waals surface area contributed by atoms with Gasteiger partial charge in [-0.1, -0.05) is 48.5 Å². The van der Waals surface area contributed by atoms with Crippen LogP contribution < -0.4 is 15.2 Å². The lowest BCUT2D eigenvalue weighted by Crippen LogP contribution is -2.16. The van der Waals surface area contributed by atoms with Crippen LogP contribution in [0.1, 0.15) is 27.0 Å². The van der Waals surface area contributed by atoms with Crippen LogP contribution in [0, 0.1) is 0 Å². The highest BCUT2D eigenvalue weighted by atomic mass is 32.2. The number of fused-ring (bicyclic) bond motifs is 1. The van der Waals surface area contributed by atoms with Gasteiger partial charge in [-0.15, -0.1) is 0 Å². The maximum Gasteiger partial charge on any atom is 0.238 e. The second-order valence-corrected chi connectivity index (χ2v) is 8.78. The molecule has 0 amide bonds. The van der Waals surface area contributed by atoms with Gasteiger partial charge in [0.2, 0.25) is 10.0 Å². The monoisotopic (exact) mass is 434 g/mol. The third-order valence-corrected chi connectivity index (χ3v) is 6.19. The summed E-state index contributed by atoms with van der Waals surface area (Å²) in [5, 5.41) is 8.57. The number of Topliss-reactive ketones (excluding diaryl/α,β-unsaturated/α-hetero) is 1. The lowest BCUT2D eigenvalue weighted by Gasteiger charge is -2.12. The van der Waals surface area contributed by atoms with Gasteiger partial charge in [0.05, 0.1) is 23.3 Å². The molecule has 0 heterocycles. The second-order valence-electron chi connectivity index (χ2n) is 7.22. The molecule has 0 unspecified atom stereocenters. The van der Waals surface area contributed by atoms with Crippen molar-refractivity contribution in [1.29, 1.82) is 0 Å². The molecule has 7 heteroatoms. The van der Waals surface area contributed by atoms with Crippen LogP contribution in [0.3, 0.4) is 0 Å². The number of nitrogens with two attached hydrogens (primary N) is 1. The fraction of sp³-hybridized carbons (Fsp3) is 0.125. The van der Waals surface area contributed by atoms with E-state index in [1.165, 1.54) is 12.1 Å². The normalized spacial score (nSPS) is 13.3. The number of ether oxygens (including phenoxy) is 1. The Hall–Kier alpha value is -3.42. The molecule has 0 bridgehead atoms. The van der Waals surface area contributed by atoms with E-state index in [2.05, 4.69) is 5.32 Å². The van der Waals surface area contributed by atoms with Crippen molar-refractivity contribution in [1.82, 2.24) is 5.32 Å². The molecule has 0 aliphatic heterocycles. The summed E-state index contributed by atoms with van der Waals surface area (Å²) in [5.41, 5.74) is 4.77. The van der Waals surface area contributed by atoms with Crippen LogP contribution in [-0.2, 0) is 16.4 Å². The van der Waals surface area contributed by atoms with Gasteiger partial charge in [-0.2, -0.15) is 0 Å². The number of hydrogen-bond acceptors (Lipinski definition) is 5. The Kier molecular flexibility index (Phi) is 5.63. The summed E-state index contributed by atoms with van der Waals surface area (Å²) in [6.07, 6.45) is 0.653. The number of hydrogen-bond donors (Lipinski definition) is 2. The van der Waals surface area contributed by atoms with E-state index >= 15 is 0 Å². The standard InChI is InChI=1S/C24H22N2O4S/c1-30-18-10-8-17(9-11-18)22-23(20-4-2-3-5-21(20)24(22)27)26-15-14-16-6-12-19(13-7-16)31(25,28)29/h2-13,26H,14-15H2,1H3,(H2,25,28,29). The molecular weight excluding hydrogens is 412 g/mol. The summed E-state index contributed by atoms with van der Waals surface area (Å²) in [7, 11) is -2.10. The summed E-state index contributed by atoms with van der Waals surface area (Å²) in [5.74, 6) is 0.713. The number of carbonyl (C=O) groups is 1. The maximum absolute atomic E-state index is 13.1. The zero-order valence-corrected chi connectivity index (χ0v) is 17.8. The lowest BCUT2D eigenvalue weighted by molar-refractivity contribution is 0.105. The fourth-order valence-electron chi connectivity index (χ4n) is 3.68. The van der Waals surface area contributed by atoms with Crippen LogP contribution in [0.5, 0.6) is 5.75 Å². The van der Waals surface area contributed by atoms with Crippen LogP contribution in [0.15, 0.2) is 77.7 Å². The van der Waals surface area contributed by atoms with Crippen molar-refractivity contribution in [3.63, 3.8) is 0 Å². The Balaban J connectivity index is 1.59. The molecule has 1 aliphatic carbocycles. The highest BCUT2D eigenvalue weighted by Gasteiger charge is 2.30. The number of carbonyl (C=O) groups excluding carboxylic acids is 1. The van der Waals surface area contributed by atoms with Gasteiger partial charge in [-0.05, 0) is 41.8 Å². The van der Waals surface area contributed by atoms with Crippen molar-refractivity contribution in [2.75, 3.05) is 13.7 Å². The van der Waals surface area contributed by atoms with E-state index in [4.69, 9.17) is 9.88 Å². The van der Waals surface area contributed by atoms with Gasteiger partial charge >= 0.3 is 0 Å². The maximum atomic E-state index is 13.1. The average molecular weight is 435 g/mol. The van der Waals surface area contributed by atoms with Crippen LogP contribution in [0.4, 0.5) is 0 Å². The molecule has 1 aliphatic rings. The molecule has 6 nitrogen and oxygen atoms in total. The summed E-state index contributed by atoms with van der Waals surface area (Å²) in [4.78, 5) is 13.2. The molecule has 0 saturated heterocycles. The van der Waals surface area contributed by atoms with Crippen molar-refractivity contribution in [2.45, 2.75) is 11.3 Å². The zero-order valence-electron chi connectivity index (χ0n) is 17.0. The first-order valence-corrected chi connectivity index (χ1v) is 11.3. The molecule has 31 heavy (non-hydrogen) atoms. The van der Waals surface area contributed by atoms with Gasteiger partial charge < -0.3 is 10.1 Å². The van der Waals surface area contributed by atoms with Crippen molar-refractivity contribution in [3.05, 3.63) is 95.1 Å². The van der Waals surface area contributed by atoms with E-state index in [0.29, 0.717) is 24.1 Å². The Morgan fingerprint density at radius 3 is 2.16 bits per heavy atom. The number of methoxy groups -OCH3 is 1. The molecule has 3 aromatic carbocycles. The highest BCUT2D eigenvalue weighted by molar-refractivity contribution is 7.89. The molecule has 0 atom stereocenters. The molecule has 0 saturated carbocycles. The minimum absolute atomic E-state index is 0.0132. The van der Waals surface area contributed by atoms with Crippen molar-refractivity contribution in [2.24, 2.45) is 5.14 Å². The number of allylic oxidation sites excluding steroid dienone is 1. The predicted octanol–water partition coefficient (Wildman–Crippen LogP) is 3.24. The molecule has 3 N–H and O–H groups in total. The largest absolute Gasteiger partial charge is 0.497 e. The van der Waals surface area contributed by atoms with Crippen LogP contribution in [0.2, 0.25) is 0 Å². The van der Waals surface area contributed by atoms with Gasteiger partial charge in [0.15, 0.2) is 5.78 Å². The molecule has 0 aromatic heterocycles. The average Bonchev–Trinajstić information content (AvgIpc) is 3.05. The van der Waals surface area contributed by atoms with E-state index in [-0.39, 0.29) is 10.7 Å². The summed E-state index contributed by atoms with van der Waals surface area (Å²) in [6, 6.07) is 21.5. The summed E-state index contributed by atoms with van der Waals surface area (Å²) < 4.78 is 28.0. The first-order valence-electron chi connectivity index (χ1n) is 9.77. The molecule has 3 aromatic rings. The molecule has 0 spiro atoms. The number of ketones is 1. The Morgan fingerprint density at radius 1 is 0.903 bits per heavy atom. The number of sulfonamides is 1. The molecular formula is C24H22N2O4S. The third-order valence-electron chi connectivity index (χ3n) is 5.26. The van der Waals surface area contributed by atoms with E-state index in [1.54, 1.807) is 19.2 Å². The molecule has 0 fully saturated rings. The summed E-state index contributed by atoms with van der Waals surface area (Å²) >= 11 is 0. The Morgan fingerprint density at radius 2 is 1.55 bits per heavy atom. The van der Waals surface area contributed by atoms with Gasteiger partial charge in [0.1, 0.15) is 5.75 Å². The van der Waals surface area contributed by atoms with E-state index in [9.17, 15) is 13.2 Å². The number of benzene rings is 3. The first kappa shape index (κ1) is 20.8.